The van der Waals surface area contributed by atoms with Crippen molar-refractivity contribution in [1.82, 2.24) is 14.5 Å². The first kappa shape index (κ1) is 22.0. The summed E-state index contributed by atoms with van der Waals surface area (Å²) in [6, 6.07) is 10.0. The Balaban J connectivity index is 0.00000240. The van der Waals surface area contributed by atoms with Crippen molar-refractivity contribution in [3.05, 3.63) is 63.3 Å². The Bertz CT molecular complexity index is 1090. The Labute approximate surface area is 191 Å². The van der Waals surface area contributed by atoms with E-state index in [2.05, 4.69) is 46.0 Å². The van der Waals surface area contributed by atoms with Crippen molar-refractivity contribution in [3.63, 3.8) is 0 Å². The van der Waals surface area contributed by atoms with Gasteiger partial charge in [-0.25, -0.2) is 9.97 Å². The van der Waals surface area contributed by atoms with Crippen molar-refractivity contribution in [2.45, 2.75) is 26.3 Å². The van der Waals surface area contributed by atoms with Crippen LogP contribution in [0.5, 0.6) is 0 Å². The van der Waals surface area contributed by atoms with Gasteiger partial charge in [0.2, 0.25) is 0 Å². The number of rotatable bonds is 7. The van der Waals surface area contributed by atoms with Gasteiger partial charge in [0, 0.05) is 25.5 Å². The van der Waals surface area contributed by atoms with E-state index in [4.69, 9.17) is 4.98 Å². The third-order valence-electron chi connectivity index (χ3n) is 4.49. The topological polar surface area (TPSA) is 51.0 Å². The molecule has 0 aliphatic rings. The first-order valence-corrected chi connectivity index (χ1v) is 11.5. The van der Waals surface area contributed by atoms with Crippen LogP contribution in [0.1, 0.15) is 28.6 Å². The number of thiazole rings is 1. The Hall–Kier alpha value is -1.74. The van der Waals surface area contributed by atoms with Crippen molar-refractivity contribution < 1.29 is 4.79 Å². The van der Waals surface area contributed by atoms with E-state index in [1.807, 2.05) is 27.8 Å². The average Bonchev–Trinajstić information content (AvgIpc) is 3.44. The number of hydrogen-bond donors (Lipinski definition) is 0. The second kappa shape index (κ2) is 9.84. The molecule has 0 saturated carbocycles. The van der Waals surface area contributed by atoms with Crippen LogP contribution in [0, 0.1) is 0 Å². The number of para-hydroxylation sites is 1. The maximum atomic E-state index is 13.2. The van der Waals surface area contributed by atoms with Crippen LogP contribution in [0.25, 0.3) is 10.2 Å². The summed E-state index contributed by atoms with van der Waals surface area (Å²) in [5.74, 6) is -0.00145. The van der Waals surface area contributed by atoms with Gasteiger partial charge in [-0.3, -0.25) is 9.69 Å². The van der Waals surface area contributed by atoms with Crippen LogP contribution in [0.2, 0.25) is 0 Å². The Morgan fingerprint density at radius 2 is 2.10 bits per heavy atom. The zero-order valence-electron chi connectivity index (χ0n) is 15.7. The Morgan fingerprint density at radius 3 is 2.79 bits per heavy atom. The number of imidazole rings is 1. The molecule has 3 heterocycles. The van der Waals surface area contributed by atoms with Gasteiger partial charge in [0.25, 0.3) is 5.91 Å². The number of anilines is 1. The molecule has 4 rings (SSSR count). The second-order valence-corrected chi connectivity index (χ2v) is 9.80. The smallest absolute Gasteiger partial charge is 0.270 e. The number of amides is 1. The van der Waals surface area contributed by atoms with E-state index in [1.165, 1.54) is 16.9 Å². The molecule has 4 aromatic rings. The number of thiophene rings is 1. The summed E-state index contributed by atoms with van der Waals surface area (Å²) in [5.41, 5.74) is 2.22. The average molecular weight is 512 g/mol. The lowest BCUT2D eigenvalue weighted by Crippen LogP contribution is -2.31. The third kappa shape index (κ3) is 4.88. The molecule has 1 amide bonds. The molecule has 9 heteroatoms. The summed E-state index contributed by atoms with van der Waals surface area (Å²) in [6.45, 7) is 3.54. The summed E-state index contributed by atoms with van der Waals surface area (Å²) in [4.78, 5) is 24.7. The highest BCUT2D eigenvalue weighted by atomic mass is 79.9. The van der Waals surface area contributed by atoms with E-state index >= 15 is 0 Å². The standard InChI is InChI=1S/C20H19BrN4OS2.ClH/c1-2-14-5-3-6-15-18(14)23-20(28-15)25(11-4-10-24-12-9-22-13-24)19(26)16-7-8-17(21)27-16;/h3,5-9,12-13H,2,4,10-11H2,1H3;1H. The molecule has 0 N–H and O–H groups in total. The van der Waals surface area contributed by atoms with Crippen molar-refractivity contribution in [2.24, 2.45) is 0 Å². The molecule has 0 atom stereocenters. The minimum Gasteiger partial charge on any atom is -0.337 e. The van der Waals surface area contributed by atoms with E-state index in [0.29, 0.717) is 11.4 Å². The van der Waals surface area contributed by atoms with E-state index < -0.39 is 0 Å². The van der Waals surface area contributed by atoms with E-state index in [0.717, 1.165) is 38.5 Å². The molecule has 0 fully saturated rings. The van der Waals surface area contributed by atoms with Gasteiger partial charge in [-0.2, -0.15) is 0 Å². The van der Waals surface area contributed by atoms with Gasteiger partial charge >= 0.3 is 0 Å². The molecule has 0 aliphatic carbocycles. The number of nitrogens with zero attached hydrogens (tertiary/aromatic N) is 4. The Kier molecular flexibility index (Phi) is 7.45. The van der Waals surface area contributed by atoms with Crippen molar-refractivity contribution in [1.29, 1.82) is 0 Å². The highest BCUT2D eigenvalue weighted by Gasteiger charge is 2.23. The quantitative estimate of drug-likeness (QED) is 0.304. The van der Waals surface area contributed by atoms with Gasteiger partial charge in [0.15, 0.2) is 5.13 Å². The Morgan fingerprint density at radius 1 is 1.24 bits per heavy atom. The van der Waals surface area contributed by atoms with Crippen LogP contribution >= 0.6 is 51.0 Å². The first-order chi connectivity index (χ1) is 13.7. The summed E-state index contributed by atoms with van der Waals surface area (Å²) >= 11 is 6.49. The normalized spacial score (nSPS) is 10.8. The van der Waals surface area contributed by atoms with E-state index in [9.17, 15) is 4.79 Å². The van der Waals surface area contributed by atoms with Crippen molar-refractivity contribution in [2.75, 3.05) is 11.4 Å². The molecule has 5 nitrogen and oxygen atoms in total. The minimum absolute atomic E-state index is 0. The molecule has 0 bridgehead atoms. The van der Waals surface area contributed by atoms with Gasteiger partial charge in [-0.05, 0) is 52.5 Å². The second-order valence-electron chi connectivity index (χ2n) is 6.33. The molecule has 1 aromatic carbocycles. The summed E-state index contributed by atoms with van der Waals surface area (Å²) in [5, 5.41) is 0.760. The summed E-state index contributed by atoms with van der Waals surface area (Å²) < 4.78 is 4.10. The van der Waals surface area contributed by atoms with Gasteiger partial charge in [0.05, 0.1) is 25.2 Å². The number of benzene rings is 1. The maximum Gasteiger partial charge on any atom is 0.270 e. The van der Waals surface area contributed by atoms with Crippen LogP contribution in [0.15, 0.2) is 52.8 Å². The van der Waals surface area contributed by atoms with Gasteiger partial charge in [0.1, 0.15) is 0 Å². The van der Waals surface area contributed by atoms with E-state index in [1.54, 1.807) is 23.9 Å². The zero-order valence-corrected chi connectivity index (χ0v) is 19.8. The number of carbonyl (C=O) groups is 1. The lowest BCUT2D eigenvalue weighted by Gasteiger charge is -2.19. The number of aromatic nitrogens is 3. The molecular weight excluding hydrogens is 492 g/mol. The largest absolute Gasteiger partial charge is 0.337 e. The molecule has 0 saturated heterocycles. The fourth-order valence-corrected chi connectivity index (χ4v) is 5.44. The molecule has 0 radical (unpaired) electrons. The number of carbonyl (C=O) groups excluding carboxylic acids is 1. The zero-order chi connectivity index (χ0) is 19.5. The molecule has 152 valence electrons. The maximum absolute atomic E-state index is 13.2. The predicted octanol–water partition coefficient (Wildman–Crippen LogP) is 6.04. The van der Waals surface area contributed by atoms with Crippen LogP contribution < -0.4 is 4.90 Å². The molecule has 3 aromatic heterocycles. The molecule has 0 aliphatic heterocycles. The lowest BCUT2D eigenvalue weighted by atomic mass is 10.1. The number of hydrogen-bond acceptors (Lipinski definition) is 5. The predicted molar refractivity (Wildman–Crippen MR) is 127 cm³/mol. The molecule has 0 unspecified atom stereocenters. The van der Waals surface area contributed by atoms with Crippen LogP contribution in [0.3, 0.4) is 0 Å². The lowest BCUT2D eigenvalue weighted by molar-refractivity contribution is 0.0990. The first-order valence-electron chi connectivity index (χ1n) is 9.07. The van der Waals surface area contributed by atoms with Crippen LogP contribution in [-0.2, 0) is 13.0 Å². The highest BCUT2D eigenvalue weighted by Crippen LogP contribution is 2.33. The van der Waals surface area contributed by atoms with Gasteiger partial charge in [-0.1, -0.05) is 30.4 Å². The molecule has 0 spiro atoms. The van der Waals surface area contributed by atoms with Crippen molar-refractivity contribution >= 4 is 72.3 Å². The monoisotopic (exact) mass is 510 g/mol. The summed E-state index contributed by atoms with van der Waals surface area (Å²) in [7, 11) is 0. The van der Waals surface area contributed by atoms with Gasteiger partial charge in [-0.15, -0.1) is 23.7 Å². The van der Waals surface area contributed by atoms with Crippen LogP contribution in [0.4, 0.5) is 5.13 Å². The molecule has 29 heavy (non-hydrogen) atoms. The van der Waals surface area contributed by atoms with E-state index in [-0.39, 0.29) is 18.3 Å². The number of fused-ring (bicyclic) bond motifs is 1. The highest BCUT2D eigenvalue weighted by molar-refractivity contribution is 9.11. The third-order valence-corrected chi connectivity index (χ3v) is 7.14. The fourth-order valence-electron chi connectivity index (χ4n) is 3.07. The number of aryl methyl sites for hydroxylation is 2. The molecular formula is C20H20BrClN4OS2. The van der Waals surface area contributed by atoms with Crippen LogP contribution in [-0.4, -0.2) is 27.0 Å². The minimum atomic E-state index is -0.00145. The SMILES string of the molecule is CCc1cccc2sc(N(CCCn3ccnc3)C(=O)c3ccc(Br)s3)nc12.Cl. The summed E-state index contributed by atoms with van der Waals surface area (Å²) in [6.07, 6.45) is 7.26. The number of halogens is 2. The fraction of sp³-hybridized carbons (Fsp3) is 0.250. The van der Waals surface area contributed by atoms with Crippen molar-refractivity contribution in [3.8, 4) is 0 Å². The van der Waals surface area contributed by atoms with Gasteiger partial charge < -0.3 is 4.57 Å².